The van der Waals surface area contributed by atoms with E-state index < -0.39 is 0 Å². The van der Waals surface area contributed by atoms with E-state index in [1.54, 1.807) is 30.6 Å². The first-order valence-electron chi connectivity index (χ1n) is 8.88. The highest BCUT2D eigenvalue weighted by atomic mass is 35.5. The van der Waals surface area contributed by atoms with Gasteiger partial charge >= 0.3 is 0 Å². The normalized spacial score (nSPS) is 13.0. The van der Waals surface area contributed by atoms with Crippen molar-refractivity contribution in [2.45, 2.75) is 12.8 Å². The molecule has 0 atom stereocenters. The van der Waals surface area contributed by atoms with Gasteiger partial charge in [-0.25, -0.2) is 4.98 Å². The molecule has 1 saturated carbocycles. The number of hydrogen-bond donors (Lipinski definition) is 2. The summed E-state index contributed by atoms with van der Waals surface area (Å²) in [6.45, 7) is 0. The third-order valence-electron chi connectivity index (χ3n) is 4.38. The van der Waals surface area contributed by atoms with Crippen molar-refractivity contribution >= 4 is 34.9 Å². The van der Waals surface area contributed by atoms with E-state index in [0.29, 0.717) is 22.1 Å². The maximum absolute atomic E-state index is 12.6. The van der Waals surface area contributed by atoms with Crippen LogP contribution in [0.25, 0.3) is 11.1 Å². The number of anilines is 2. The molecule has 0 radical (unpaired) electrons. The Morgan fingerprint density at radius 3 is 2.64 bits per heavy atom. The average Bonchev–Trinajstić information content (AvgIpc) is 3.54. The van der Waals surface area contributed by atoms with Crippen LogP contribution in [0.5, 0.6) is 0 Å². The van der Waals surface area contributed by atoms with Crippen molar-refractivity contribution in [1.82, 2.24) is 9.97 Å². The SMILES string of the molecule is O=C(Nc1cncc(-c2cccc(Cl)c2)c1)c1ccnc(NC(=O)C2CC2)c1. The van der Waals surface area contributed by atoms with Gasteiger partial charge in [0.1, 0.15) is 5.82 Å². The van der Waals surface area contributed by atoms with Crippen LogP contribution in [-0.2, 0) is 4.79 Å². The first-order valence-corrected chi connectivity index (χ1v) is 9.25. The first kappa shape index (κ1) is 18.1. The number of nitrogens with one attached hydrogen (secondary N) is 2. The Morgan fingerprint density at radius 2 is 1.86 bits per heavy atom. The molecule has 1 aliphatic rings. The van der Waals surface area contributed by atoms with E-state index in [4.69, 9.17) is 11.6 Å². The van der Waals surface area contributed by atoms with Crippen LogP contribution in [0.3, 0.4) is 0 Å². The lowest BCUT2D eigenvalue weighted by atomic mass is 10.1. The predicted molar refractivity (Wildman–Crippen MR) is 108 cm³/mol. The minimum Gasteiger partial charge on any atom is -0.321 e. The van der Waals surface area contributed by atoms with E-state index in [2.05, 4.69) is 20.6 Å². The fourth-order valence-corrected chi connectivity index (χ4v) is 2.94. The van der Waals surface area contributed by atoms with E-state index in [1.807, 2.05) is 24.3 Å². The second-order valence-corrected chi connectivity index (χ2v) is 7.06. The quantitative estimate of drug-likeness (QED) is 0.674. The molecule has 0 spiro atoms. The summed E-state index contributed by atoms with van der Waals surface area (Å²) in [5, 5.41) is 6.20. The lowest BCUT2D eigenvalue weighted by Crippen LogP contribution is -2.16. The zero-order valence-electron chi connectivity index (χ0n) is 14.9. The van der Waals surface area contributed by atoms with Crippen LogP contribution in [0.4, 0.5) is 11.5 Å². The molecule has 2 amide bonds. The molecule has 2 heterocycles. The minimum absolute atomic E-state index is 0.0523. The van der Waals surface area contributed by atoms with Crippen molar-refractivity contribution in [3.8, 4) is 11.1 Å². The monoisotopic (exact) mass is 392 g/mol. The molecule has 1 aliphatic carbocycles. The van der Waals surface area contributed by atoms with Gasteiger partial charge in [0.05, 0.1) is 11.9 Å². The van der Waals surface area contributed by atoms with Crippen LogP contribution < -0.4 is 10.6 Å². The fraction of sp³-hybridized carbons (Fsp3) is 0.143. The smallest absolute Gasteiger partial charge is 0.255 e. The maximum atomic E-state index is 12.6. The minimum atomic E-state index is -0.311. The largest absolute Gasteiger partial charge is 0.321 e. The van der Waals surface area contributed by atoms with Gasteiger partial charge in [-0.2, -0.15) is 0 Å². The molecule has 1 aromatic carbocycles. The number of nitrogens with zero attached hydrogens (tertiary/aromatic N) is 2. The van der Waals surface area contributed by atoms with Gasteiger partial charge in [0, 0.05) is 34.5 Å². The van der Waals surface area contributed by atoms with Gasteiger partial charge in [-0.15, -0.1) is 0 Å². The molecule has 140 valence electrons. The van der Waals surface area contributed by atoms with Crippen LogP contribution >= 0.6 is 11.6 Å². The third kappa shape index (κ3) is 4.35. The summed E-state index contributed by atoms with van der Waals surface area (Å²) >= 11 is 6.05. The number of benzene rings is 1. The van der Waals surface area contributed by atoms with Crippen LogP contribution in [-0.4, -0.2) is 21.8 Å². The number of pyridine rings is 2. The Bertz CT molecular complexity index is 1050. The van der Waals surface area contributed by atoms with Crippen molar-refractivity contribution in [3.05, 3.63) is 71.6 Å². The molecular weight excluding hydrogens is 376 g/mol. The van der Waals surface area contributed by atoms with Crippen molar-refractivity contribution < 1.29 is 9.59 Å². The Kier molecular flexibility index (Phi) is 5.04. The number of rotatable bonds is 5. The van der Waals surface area contributed by atoms with E-state index in [1.165, 1.54) is 6.20 Å². The van der Waals surface area contributed by atoms with Gasteiger partial charge in [0.2, 0.25) is 5.91 Å². The summed E-state index contributed by atoms with van der Waals surface area (Å²) in [4.78, 5) is 32.8. The predicted octanol–water partition coefficient (Wildman–Crippen LogP) is 4.40. The molecule has 0 saturated heterocycles. The molecule has 7 heteroatoms. The van der Waals surface area contributed by atoms with Crippen LogP contribution in [0.2, 0.25) is 5.02 Å². The van der Waals surface area contributed by atoms with Gasteiger partial charge in [0.25, 0.3) is 5.91 Å². The lowest BCUT2D eigenvalue weighted by Gasteiger charge is -2.09. The van der Waals surface area contributed by atoms with Crippen LogP contribution in [0, 0.1) is 5.92 Å². The first-order chi connectivity index (χ1) is 13.6. The standard InChI is InChI=1S/C21H17ClN4O2/c22-17-3-1-2-14(8-17)16-9-18(12-23-11-16)25-21(28)15-6-7-24-19(10-15)26-20(27)13-4-5-13/h1-3,6-13H,4-5H2,(H,25,28)(H,24,26,27). The summed E-state index contributed by atoms with van der Waals surface area (Å²) in [5.41, 5.74) is 2.70. The van der Waals surface area contributed by atoms with Gasteiger partial charge in [0.15, 0.2) is 0 Å². The van der Waals surface area contributed by atoms with Gasteiger partial charge < -0.3 is 10.6 Å². The third-order valence-corrected chi connectivity index (χ3v) is 4.61. The summed E-state index contributed by atoms with van der Waals surface area (Å²) in [6, 6.07) is 12.4. The number of halogens is 1. The van der Waals surface area contributed by atoms with Crippen molar-refractivity contribution in [3.63, 3.8) is 0 Å². The fourth-order valence-electron chi connectivity index (χ4n) is 2.75. The second kappa shape index (κ2) is 7.78. The second-order valence-electron chi connectivity index (χ2n) is 6.62. The highest BCUT2D eigenvalue weighted by molar-refractivity contribution is 6.30. The van der Waals surface area contributed by atoms with Crippen molar-refractivity contribution in [2.24, 2.45) is 5.92 Å². The van der Waals surface area contributed by atoms with Gasteiger partial charge in [-0.05, 0) is 48.7 Å². The zero-order valence-corrected chi connectivity index (χ0v) is 15.6. The molecule has 6 nitrogen and oxygen atoms in total. The Labute approximate surface area is 167 Å². The Balaban J connectivity index is 1.49. The van der Waals surface area contributed by atoms with Crippen molar-refractivity contribution in [2.75, 3.05) is 10.6 Å². The average molecular weight is 393 g/mol. The number of amides is 2. The summed E-state index contributed by atoms with van der Waals surface area (Å²) in [5.74, 6) is 0.0767. The molecule has 2 N–H and O–H groups in total. The molecule has 0 unspecified atom stereocenters. The molecule has 2 aromatic heterocycles. The molecule has 28 heavy (non-hydrogen) atoms. The highest BCUT2D eigenvalue weighted by Crippen LogP contribution is 2.30. The number of hydrogen-bond acceptors (Lipinski definition) is 4. The van der Waals surface area contributed by atoms with E-state index in [0.717, 1.165) is 24.0 Å². The lowest BCUT2D eigenvalue weighted by molar-refractivity contribution is -0.117. The summed E-state index contributed by atoms with van der Waals surface area (Å²) < 4.78 is 0. The van der Waals surface area contributed by atoms with E-state index in [9.17, 15) is 9.59 Å². The Hall–Kier alpha value is -3.25. The van der Waals surface area contributed by atoms with Crippen molar-refractivity contribution in [1.29, 1.82) is 0 Å². The molecule has 0 aliphatic heterocycles. The highest BCUT2D eigenvalue weighted by Gasteiger charge is 2.29. The van der Waals surface area contributed by atoms with Crippen LogP contribution in [0.1, 0.15) is 23.2 Å². The molecular formula is C21H17ClN4O2. The van der Waals surface area contributed by atoms with E-state index >= 15 is 0 Å². The van der Waals surface area contributed by atoms with E-state index in [-0.39, 0.29) is 17.7 Å². The zero-order chi connectivity index (χ0) is 19.5. The number of carbonyl (C=O) groups is 2. The van der Waals surface area contributed by atoms with Gasteiger partial charge in [-0.3, -0.25) is 14.6 Å². The Morgan fingerprint density at radius 1 is 1.00 bits per heavy atom. The topological polar surface area (TPSA) is 84.0 Å². The molecule has 4 rings (SSSR count). The summed E-state index contributed by atoms with van der Waals surface area (Å²) in [6.07, 6.45) is 6.59. The number of carbonyl (C=O) groups excluding carboxylic acids is 2. The van der Waals surface area contributed by atoms with Crippen LogP contribution in [0.15, 0.2) is 61.1 Å². The number of aromatic nitrogens is 2. The molecule has 0 bridgehead atoms. The molecule has 3 aromatic rings. The maximum Gasteiger partial charge on any atom is 0.255 e. The van der Waals surface area contributed by atoms with Gasteiger partial charge in [-0.1, -0.05) is 23.7 Å². The summed E-state index contributed by atoms with van der Waals surface area (Å²) in [7, 11) is 0. The molecule has 1 fully saturated rings.